The van der Waals surface area contributed by atoms with Crippen LogP contribution in [0.4, 0.5) is 0 Å². The van der Waals surface area contributed by atoms with Gasteiger partial charge >= 0.3 is 35.6 Å². The maximum atomic E-state index is 4.89. The summed E-state index contributed by atoms with van der Waals surface area (Å²) in [6.07, 6.45) is 2.17. The van der Waals surface area contributed by atoms with Crippen LogP contribution in [0.1, 0.15) is 11.1 Å². The minimum atomic E-state index is -0.556. The van der Waals surface area contributed by atoms with Gasteiger partial charge in [0.15, 0.2) is 0 Å². The van der Waals surface area contributed by atoms with E-state index in [4.69, 9.17) is 18.6 Å². The number of hydrogen-bond donors (Lipinski definition) is 0. The van der Waals surface area contributed by atoms with Crippen molar-refractivity contribution in [1.29, 1.82) is 0 Å². The van der Waals surface area contributed by atoms with Gasteiger partial charge < -0.3 is 0 Å². The fourth-order valence-electron chi connectivity index (χ4n) is 1.29. The van der Waals surface area contributed by atoms with E-state index in [1.54, 1.807) is 0 Å². The number of hydrogen-bond acceptors (Lipinski definition) is 0. The van der Waals surface area contributed by atoms with Gasteiger partial charge in [0.1, 0.15) is 0 Å². The molecule has 0 heterocycles. The van der Waals surface area contributed by atoms with Gasteiger partial charge in [0, 0.05) is 6.42 Å². The average Bonchev–Trinajstić information content (AvgIpc) is 2.33. The zero-order valence-electron chi connectivity index (χ0n) is 8.61. The van der Waals surface area contributed by atoms with Gasteiger partial charge in [0.25, 0.3) is 0 Å². The number of benzene rings is 2. The summed E-state index contributed by atoms with van der Waals surface area (Å²) >= 11 is -0.556. The van der Waals surface area contributed by atoms with Crippen LogP contribution in [-0.4, -0.2) is 0 Å². The third kappa shape index (κ3) is 5.72. The van der Waals surface area contributed by atoms with Crippen LogP contribution in [0.25, 0.3) is 0 Å². The normalized spacial score (nSPS) is 8.88. The molecule has 0 spiro atoms. The molecular weight excluding hydrogens is 275 g/mol. The molecule has 16 heavy (non-hydrogen) atoms. The molecule has 0 saturated heterocycles. The number of rotatable bonds is 2. The topological polar surface area (TPSA) is 0 Å². The van der Waals surface area contributed by atoms with Gasteiger partial charge in [-0.15, -0.1) is 0 Å². The Morgan fingerprint density at radius 1 is 0.688 bits per heavy atom. The first-order valence-corrected chi connectivity index (χ1v) is 9.07. The van der Waals surface area contributed by atoms with Crippen molar-refractivity contribution in [3.8, 4) is 0 Å². The number of halogens is 2. The van der Waals surface area contributed by atoms with E-state index in [1.807, 2.05) is 12.1 Å². The molecule has 0 bridgehead atoms. The van der Waals surface area contributed by atoms with E-state index in [9.17, 15) is 0 Å². The fraction of sp³-hybridized carbons (Fsp3) is 0. The summed E-state index contributed by atoms with van der Waals surface area (Å²) in [5.41, 5.74) is 2.49. The molecule has 0 aliphatic carbocycles. The van der Waals surface area contributed by atoms with Gasteiger partial charge in [-0.2, -0.15) is 0 Å². The molecule has 3 heteroatoms. The molecule has 0 amide bonds. The maximum absolute atomic E-state index is 4.89. The SMILES string of the molecule is [CH](c1ccccc1)c1ccccc1.[Cl][Ti][Cl]. The molecular formula is C13H11Cl2Ti. The van der Waals surface area contributed by atoms with E-state index >= 15 is 0 Å². The van der Waals surface area contributed by atoms with Gasteiger partial charge in [-0.3, -0.25) is 0 Å². The van der Waals surface area contributed by atoms with Crippen molar-refractivity contribution in [2.75, 3.05) is 0 Å². The third-order valence-corrected chi connectivity index (χ3v) is 1.93. The van der Waals surface area contributed by atoms with Gasteiger partial charge in [-0.25, -0.2) is 0 Å². The summed E-state index contributed by atoms with van der Waals surface area (Å²) in [5, 5.41) is 0. The molecule has 81 valence electrons. The van der Waals surface area contributed by atoms with E-state index in [-0.39, 0.29) is 0 Å². The predicted octanol–water partition coefficient (Wildman–Crippen LogP) is 4.66. The van der Waals surface area contributed by atoms with Crippen LogP contribution in [-0.2, 0) is 17.0 Å². The van der Waals surface area contributed by atoms with Crippen LogP contribution < -0.4 is 0 Å². The van der Waals surface area contributed by atoms with Crippen LogP contribution in [0, 0.1) is 6.42 Å². The molecule has 0 atom stereocenters. The van der Waals surface area contributed by atoms with E-state index in [1.165, 1.54) is 11.1 Å². The molecule has 0 aliphatic rings. The summed E-state index contributed by atoms with van der Waals surface area (Å²) < 4.78 is 0. The van der Waals surface area contributed by atoms with E-state index in [2.05, 4.69) is 55.0 Å². The second-order valence-corrected chi connectivity index (χ2v) is 5.62. The minimum absolute atomic E-state index is 0.556. The zero-order chi connectivity index (χ0) is 11.6. The third-order valence-electron chi connectivity index (χ3n) is 1.93. The fourth-order valence-corrected chi connectivity index (χ4v) is 1.29. The summed E-state index contributed by atoms with van der Waals surface area (Å²) in [4.78, 5) is 0. The monoisotopic (exact) mass is 285 g/mol. The first-order chi connectivity index (χ1) is 7.86. The van der Waals surface area contributed by atoms with Gasteiger partial charge in [0.2, 0.25) is 0 Å². The van der Waals surface area contributed by atoms with E-state index in [0.717, 1.165) is 0 Å². The Kier molecular flexibility index (Phi) is 7.62. The molecule has 0 saturated carbocycles. The van der Waals surface area contributed by atoms with Crippen molar-refractivity contribution in [2.45, 2.75) is 0 Å². The summed E-state index contributed by atoms with van der Waals surface area (Å²) in [7, 11) is 9.78. The van der Waals surface area contributed by atoms with Gasteiger partial charge in [-0.05, 0) is 11.1 Å². The van der Waals surface area contributed by atoms with Gasteiger partial charge in [-0.1, -0.05) is 60.7 Å². The van der Waals surface area contributed by atoms with Crippen molar-refractivity contribution in [3.63, 3.8) is 0 Å². The van der Waals surface area contributed by atoms with E-state index in [0.29, 0.717) is 0 Å². The molecule has 0 fully saturated rings. The molecule has 2 rings (SSSR count). The first-order valence-electron chi connectivity index (χ1n) is 4.78. The predicted molar refractivity (Wildman–Crippen MR) is 67.1 cm³/mol. The van der Waals surface area contributed by atoms with Crippen LogP contribution in [0.3, 0.4) is 0 Å². The summed E-state index contributed by atoms with van der Waals surface area (Å²) in [5.74, 6) is 0. The van der Waals surface area contributed by atoms with Crippen LogP contribution >= 0.6 is 18.6 Å². The molecule has 2 aromatic carbocycles. The summed E-state index contributed by atoms with van der Waals surface area (Å²) in [6, 6.07) is 20.7. The Labute approximate surface area is 113 Å². The second-order valence-electron chi connectivity index (χ2n) is 3.04. The van der Waals surface area contributed by atoms with Crippen molar-refractivity contribution >= 4 is 18.6 Å². The Bertz CT molecular complexity index is 338. The molecule has 2 aromatic rings. The first kappa shape index (κ1) is 13.8. The van der Waals surface area contributed by atoms with E-state index < -0.39 is 17.0 Å². The zero-order valence-corrected chi connectivity index (χ0v) is 11.7. The quantitative estimate of drug-likeness (QED) is 0.704. The molecule has 0 N–H and O–H groups in total. The summed E-state index contributed by atoms with van der Waals surface area (Å²) in [6.45, 7) is 0. The van der Waals surface area contributed by atoms with Crippen molar-refractivity contribution in [3.05, 3.63) is 78.2 Å². The Hall–Kier alpha value is -0.266. The Morgan fingerprint density at radius 2 is 1.00 bits per heavy atom. The van der Waals surface area contributed by atoms with Crippen LogP contribution in [0.2, 0.25) is 0 Å². The Balaban J connectivity index is 0.000000386. The van der Waals surface area contributed by atoms with Crippen molar-refractivity contribution in [1.82, 2.24) is 0 Å². The van der Waals surface area contributed by atoms with Gasteiger partial charge in [0.05, 0.1) is 0 Å². The molecule has 1 radical (unpaired) electrons. The van der Waals surface area contributed by atoms with Crippen molar-refractivity contribution in [2.24, 2.45) is 0 Å². The van der Waals surface area contributed by atoms with Crippen LogP contribution in [0.5, 0.6) is 0 Å². The van der Waals surface area contributed by atoms with Crippen LogP contribution in [0.15, 0.2) is 60.7 Å². The Morgan fingerprint density at radius 3 is 1.31 bits per heavy atom. The standard InChI is InChI=1S/C13H11.2ClH.Ti/c1-3-7-12(8-4-1)11-13-9-5-2-6-10-13;;;/h1-11H;2*1H;/q;;;+2/p-2. The molecule has 0 aliphatic heterocycles. The average molecular weight is 286 g/mol. The second kappa shape index (κ2) is 8.84. The molecule has 0 aromatic heterocycles. The molecule has 0 unspecified atom stereocenters. The molecule has 0 nitrogen and oxygen atoms in total. The van der Waals surface area contributed by atoms with Crippen molar-refractivity contribution < 1.29 is 17.0 Å².